The number of hydrogen-bond donors (Lipinski definition) is 2. The largest absolute Gasteiger partial charge is 0.473 e. The monoisotopic (exact) mass is 461 g/mol. The van der Waals surface area contributed by atoms with Crippen LogP contribution in [0, 0.1) is 13.8 Å². The van der Waals surface area contributed by atoms with E-state index < -0.39 is 0 Å². The lowest BCUT2D eigenvalue weighted by Crippen LogP contribution is -2.41. The number of likely N-dealkylation sites (N-methyl/N-ethyl adjacent to an activating group) is 1. The third-order valence-electron chi connectivity index (χ3n) is 6.71. The molecule has 0 aliphatic heterocycles. The fourth-order valence-electron chi connectivity index (χ4n) is 4.76. The van der Waals surface area contributed by atoms with Gasteiger partial charge in [0, 0.05) is 31.9 Å². The fourth-order valence-corrected chi connectivity index (χ4v) is 4.76. The number of carbonyl (C=O) groups is 1. The van der Waals surface area contributed by atoms with Gasteiger partial charge < -0.3 is 15.0 Å². The average Bonchev–Trinajstić information content (AvgIpc) is 3.46. The van der Waals surface area contributed by atoms with E-state index in [1.807, 2.05) is 17.6 Å². The molecule has 0 spiro atoms. The molecule has 2 N–H and O–H groups in total. The number of nitrogens with one attached hydrogen (secondary N) is 2. The third-order valence-corrected chi connectivity index (χ3v) is 6.71. The zero-order chi connectivity index (χ0) is 23.8. The second-order valence-electron chi connectivity index (χ2n) is 9.45. The van der Waals surface area contributed by atoms with Gasteiger partial charge in [-0.25, -0.2) is 9.50 Å². The molecule has 1 amide bonds. The lowest BCUT2D eigenvalue weighted by Gasteiger charge is -2.29. The van der Waals surface area contributed by atoms with Crippen molar-refractivity contribution >= 4 is 22.5 Å². The molecule has 1 saturated carbocycles. The summed E-state index contributed by atoms with van der Waals surface area (Å²) in [5.41, 5.74) is 6.20. The van der Waals surface area contributed by atoms with Crippen LogP contribution in [0.3, 0.4) is 0 Å². The van der Waals surface area contributed by atoms with E-state index in [1.54, 1.807) is 25.3 Å². The topological polar surface area (TPSA) is 100 Å². The molecule has 178 valence electrons. The smallest absolute Gasteiger partial charge is 0.241 e. The molecule has 0 radical (unpaired) electrons. The van der Waals surface area contributed by atoms with Gasteiger partial charge in [0.15, 0.2) is 5.65 Å². The Hall–Kier alpha value is -3.46. The minimum atomic E-state index is 0.104. The number of H-pyrrole nitrogens is 1. The van der Waals surface area contributed by atoms with Crippen molar-refractivity contribution in [3.8, 4) is 17.0 Å². The zero-order valence-electron chi connectivity index (χ0n) is 20.1. The molecular formula is C25H31N7O2. The van der Waals surface area contributed by atoms with Crippen LogP contribution < -0.4 is 10.1 Å². The molecule has 0 saturated heterocycles. The molecule has 0 atom stereocenters. The minimum Gasteiger partial charge on any atom is -0.473 e. The van der Waals surface area contributed by atoms with Gasteiger partial charge in [-0.05, 0) is 68.4 Å². The molecule has 9 heteroatoms. The molecule has 3 heterocycles. The first-order chi connectivity index (χ1) is 16.4. The summed E-state index contributed by atoms with van der Waals surface area (Å²) in [5, 5.41) is 16.4. The van der Waals surface area contributed by atoms with E-state index in [2.05, 4.69) is 50.7 Å². The van der Waals surface area contributed by atoms with Crippen LogP contribution in [0.2, 0.25) is 0 Å². The lowest BCUT2D eigenvalue weighted by molar-refractivity contribution is -0.127. The molecule has 9 nitrogen and oxygen atoms in total. The zero-order valence-corrected chi connectivity index (χ0v) is 20.1. The highest BCUT2D eigenvalue weighted by atomic mass is 16.5. The van der Waals surface area contributed by atoms with Crippen molar-refractivity contribution in [1.82, 2.24) is 35.0 Å². The van der Waals surface area contributed by atoms with E-state index in [-0.39, 0.29) is 12.0 Å². The molecule has 3 aromatic heterocycles. The standard InChI is InChI=1S/C25H31N7O2/c1-15-9-17(18-10-16(2)24-27-14-28-32(24)13-18)11-21-23(15)25(30-29-21)34-20-7-5-19(6-8-20)26-12-22(33)31(3)4/h9-11,13-14,19-20,26H,5-8,12H2,1-4H3,(H,29,30). The van der Waals surface area contributed by atoms with Crippen LogP contribution >= 0.6 is 0 Å². The highest BCUT2D eigenvalue weighted by Crippen LogP contribution is 2.34. The van der Waals surface area contributed by atoms with Gasteiger partial charge in [-0.15, -0.1) is 5.10 Å². The third kappa shape index (κ3) is 4.35. The number of aromatic amines is 1. The lowest BCUT2D eigenvalue weighted by atomic mass is 9.93. The van der Waals surface area contributed by atoms with E-state index >= 15 is 0 Å². The first kappa shape index (κ1) is 22.3. The summed E-state index contributed by atoms with van der Waals surface area (Å²) in [7, 11) is 3.56. The minimum absolute atomic E-state index is 0.104. The summed E-state index contributed by atoms with van der Waals surface area (Å²) in [6.45, 7) is 4.53. The van der Waals surface area contributed by atoms with E-state index in [1.165, 1.54) is 0 Å². The normalized spacial score (nSPS) is 18.5. The maximum absolute atomic E-state index is 11.8. The summed E-state index contributed by atoms with van der Waals surface area (Å²) in [4.78, 5) is 17.7. The summed E-state index contributed by atoms with van der Waals surface area (Å²) >= 11 is 0. The van der Waals surface area contributed by atoms with Gasteiger partial charge in [-0.3, -0.25) is 9.89 Å². The molecular weight excluding hydrogens is 430 g/mol. The molecule has 0 bridgehead atoms. The molecule has 1 fully saturated rings. The number of pyridine rings is 1. The Morgan fingerprint density at radius 3 is 2.68 bits per heavy atom. The number of amides is 1. The van der Waals surface area contributed by atoms with E-state index in [4.69, 9.17) is 4.74 Å². The predicted octanol–water partition coefficient (Wildman–Crippen LogP) is 3.26. The van der Waals surface area contributed by atoms with Crippen molar-refractivity contribution in [1.29, 1.82) is 0 Å². The average molecular weight is 462 g/mol. The Bertz CT molecular complexity index is 1330. The number of fused-ring (bicyclic) bond motifs is 2. The maximum atomic E-state index is 11.8. The van der Waals surface area contributed by atoms with E-state index in [0.717, 1.165) is 64.5 Å². The van der Waals surface area contributed by atoms with Crippen LogP contribution in [0.5, 0.6) is 5.88 Å². The van der Waals surface area contributed by atoms with Crippen molar-refractivity contribution < 1.29 is 9.53 Å². The van der Waals surface area contributed by atoms with Gasteiger partial charge in [0.1, 0.15) is 12.4 Å². The van der Waals surface area contributed by atoms with Crippen LogP contribution in [0.1, 0.15) is 36.8 Å². The molecule has 5 rings (SSSR count). The van der Waals surface area contributed by atoms with Gasteiger partial charge in [-0.2, -0.15) is 5.10 Å². The van der Waals surface area contributed by atoms with Crippen LogP contribution in [0.15, 0.2) is 30.7 Å². The Kier molecular flexibility index (Phi) is 5.95. The number of benzene rings is 1. The fraction of sp³-hybridized carbons (Fsp3) is 0.440. The SMILES string of the molecule is Cc1cc(-c2cc(C)c3ncnn3c2)cc2[nH]nc(OC3CCC(NCC(=O)N(C)C)CC3)c12. The molecule has 1 aromatic carbocycles. The summed E-state index contributed by atoms with van der Waals surface area (Å²) in [6, 6.07) is 6.78. The number of nitrogens with zero attached hydrogens (tertiary/aromatic N) is 5. The number of hydrogen-bond acceptors (Lipinski definition) is 6. The summed E-state index contributed by atoms with van der Waals surface area (Å²) < 4.78 is 8.16. The number of aromatic nitrogens is 5. The van der Waals surface area contributed by atoms with Crippen molar-refractivity contribution in [2.45, 2.75) is 51.7 Å². The molecule has 1 aliphatic carbocycles. The first-order valence-electron chi connectivity index (χ1n) is 11.8. The second kappa shape index (κ2) is 9.06. The highest BCUT2D eigenvalue weighted by molar-refractivity contribution is 5.91. The number of aryl methyl sites for hydroxylation is 2. The van der Waals surface area contributed by atoms with Crippen LogP contribution in [-0.4, -0.2) is 68.4 Å². The predicted molar refractivity (Wildman–Crippen MR) is 131 cm³/mol. The van der Waals surface area contributed by atoms with Gasteiger partial charge >= 0.3 is 0 Å². The molecule has 1 aliphatic rings. The molecule has 4 aromatic rings. The first-order valence-corrected chi connectivity index (χ1v) is 11.8. The Morgan fingerprint density at radius 1 is 1.15 bits per heavy atom. The Morgan fingerprint density at radius 2 is 1.91 bits per heavy atom. The van der Waals surface area contributed by atoms with Crippen LogP contribution in [0.25, 0.3) is 27.7 Å². The van der Waals surface area contributed by atoms with Gasteiger partial charge in [0.25, 0.3) is 0 Å². The number of carbonyl (C=O) groups excluding carboxylic acids is 1. The van der Waals surface area contributed by atoms with Crippen molar-refractivity contribution in [3.05, 3.63) is 41.9 Å². The van der Waals surface area contributed by atoms with E-state index in [0.29, 0.717) is 18.5 Å². The molecule has 0 unspecified atom stereocenters. The van der Waals surface area contributed by atoms with Crippen molar-refractivity contribution in [3.63, 3.8) is 0 Å². The number of ether oxygens (including phenoxy) is 1. The van der Waals surface area contributed by atoms with Gasteiger partial charge in [0.2, 0.25) is 11.8 Å². The van der Waals surface area contributed by atoms with Crippen molar-refractivity contribution in [2.24, 2.45) is 0 Å². The van der Waals surface area contributed by atoms with Gasteiger partial charge in [-0.1, -0.05) is 6.07 Å². The van der Waals surface area contributed by atoms with E-state index in [9.17, 15) is 4.79 Å². The van der Waals surface area contributed by atoms with Crippen LogP contribution in [-0.2, 0) is 4.79 Å². The quantitative estimate of drug-likeness (QED) is 0.457. The van der Waals surface area contributed by atoms with Crippen molar-refractivity contribution in [2.75, 3.05) is 20.6 Å². The Labute approximate surface area is 198 Å². The van der Waals surface area contributed by atoms with Crippen LogP contribution in [0.4, 0.5) is 0 Å². The second-order valence-corrected chi connectivity index (χ2v) is 9.45. The summed E-state index contributed by atoms with van der Waals surface area (Å²) in [6.07, 6.45) is 7.56. The van der Waals surface area contributed by atoms with Gasteiger partial charge in [0.05, 0.1) is 17.4 Å². The Balaban J connectivity index is 1.29. The molecule has 34 heavy (non-hydrogen) atoms. The maximum Gasteiger partial charge on any atom is 0.241 e. The number of rotatable bonds is 6. The summed E-state index contributed by atoms with van der Waals surface area (Å²) in [5.74, 6) is 0.772. The highest BCUT2D eigenvalue weighted by Gasteiger charge is 2.24.